The molecule has 0 radical (unpaired) electrons. The Morgan fingerprint density at radius 3 is 0.683 bits per heavy atom. The van der Waals surface area contributed by atoms with Crippen LogP contribution in [0.3, 0.4) is 0 Å². The number of hydrogen-bond donors (Lipinski definition) is 0. The molecular formula is C76H142O6. The number of ether oxygens (including phenoxy) is 3. The van der Waals surface area contributed by atoms with Gasteiger partial charge in [0.15, 0.2) is 6.10 Å². The van der Waals surface area contributed by atoms with Crippen molar-refractivity contribution in [1.82, 2.24) is 0 Å². The van der Waals surface area contributed by atoms with Gasteiger partial charge in [0.2, 0.25) is 0 Å². The van der Waals surface area contributed by atoms with Crippen LogP contribution in [0.2, 0.25) is 0 Å². The highest BCUT2D eigenvalue weighted by atomic mass is 16.6. The fraction of sp³-hybridized carbons (Fsp3) is 0.882. The van der Waals surface area contributed by atoms with E-state index in [-0.39, 0.29) is 31.1 Å². The average molecular weight is 1150 g/mol. The van der Waals surface area contributed by atoms with E-state index in [1.807, 2.05) is 0 Å². The topological polar surface area (TPSA) is 78.9 Å². The van der Waals surface area contributed by atoms with Crippen LogP contribution in [0.4, 0.5) is 0 Å². The molecule has 6 heteroatoms. The van der Waals surface area contributed by atoms with Gasteiger partial charge in [0.1, 0.15) is 13.2 Å². The van der Waals surface area contributed by atoms with E-state index >= 15 is 0 Å². The number of carbonyl (C=O) groups is 3. The maximum Gasteiger partial charge on any atom is 0.306 e. The third-order valence-electron chi connectivity index (χ3n) is 16.9. The molecule has 0 aliphatic rings. The second kappa shape index (κ2) is 71.1. The lowest BCUT2D eigenvalue weighted by atomic mass is 10.0. The van der Waals surface area contributed by atoms with Crippen LogP contribution in [0, 0.1) is 0 Å². The Hall–Kier alpha value is -2.37. The van der Waals surface area contributed by atoms with E-state index in [0.717, 1.165) is 64.2 Å². The van der Waals surface area contributed by atoms with Crippen LogP contribution in [-0.2, 0) is 28.6 Å². The van der Waals surface area contributed by atoms with Gasteiger partial charge in [0.25, 0.3) is 0 Å². The first-order valence-electron chi connectivity index (χ1n) is 37.0. The van der Waals surface area contributed by atoms with Gasteiger partial charge in [0, 0.05) is 19.3 Å². The highest BCUT2D eigenvalue weighted by Crippen LogP contribution is 2.19. The molecule has 482 valence electrons. The standard InChI is InChI=1S/C76H142O6/c1-4-7-10-13-16-19-21-23-25-27-29-31-33-34-35-36-37-38-39-40-41-42-44-45-47-49-51-53-55-57-60-63-66-69-75(78)81-72-73(71-80-74(77)68-65-62-59-18-15-12-9-6-3)82-76(79)70-67-64-61-58-56-54-52-50-48-46-43-32-30-28-26-24-22-20-17-14-11-8-5-2/h22,24,27-30,73H,4-21,23,25-26,31-72H2,1-3H3/b24-22-,29-27-,30-28-. The Morgan fingerprint density at radius 2 is 0.439 bits per heavy atom. The monoisotopic (exact) mass is 1150 g/mol. The van der Waals surface area contributed by atoms with Crippen molar-refractivity contribution in [1.29, 1.82) is 0 Å². The predicted molar refractivity (Wildman–Crippen MR) is 358 cm³/mol. The molecule has 0 aliphatic carbocycles. The molecule has 1 atom stereocenters. The largest absolute Gasteiger partial charge is 0.462 e. The number of hydrogen-bond acceptors (Lipinski definition) is 6. The molecule has 0 aromatic heterocycles. The molecule has 0 spiro atoms. The van der Waals surface area contributed by atoms with Crippen molar-refractivity contribution >= 4 is 17.9 Å². The van der Waals surface area contributed by atoms with Gasteiger partial charge in [-0.3, -0.25) is 14.4 Å². The summed E-state index contributed by atoms with van der Waals surface area (Å²) in [5, 5.41) is 0. The first kappa shape index (κ1) is 79.6. The Balaban J connectivity index is 4.01. The zero-order valence-corrected chi connectivity index (χ0v) is 55.5. The smallest absolute Gasteiger partial charge is 0.306 e. The molecule has 82 heavy (non-hydrogen) atoms. The molecule has 6 nitrogen and oxygen atoms in total. The Bertz CT molecular complexity index is 1370. The normalized spacial score (nSPS) is 12.2. The Morgan fingerprint density at radius 1 is 0.244 bits per heavy atom. The van der Waals surface area contributed by atoms with Crippen LogP contribution in [0.15, 0.2) is 36.5 Å². The fourth-order valence-electron chi connectivity index (χ4n) is 11.3. The number of rotatable bonds is 69. The van der Waals surface area contributed by atoms with E-state index in [2.05, 4.69) is 57.2 Å². The Labute approximate surface area is 512 Å². The van der Waals surface area contributed by atoms with Crippen molar-refractivity contribution in [2.75, 3.05) is 13.2 Å². The van der Waals surface area contributed by atoms with Crippen molar-refractivity contribution in [3.63, 3.8) is 0 Å². The van der Waals surface area contributed by atoms with Gasteiger partial charge in [-0.25, -0.2) is 0 Å². The molecule has 0 saturated carbocycles. The Kier molecular flexibility index (Phi) is 69.1. The SMILES string of the molecule is CCCCCCC/C=C\C/C=C\CCCCCCCCCCCCCC(=O)OC(COC(=O)CCCCCCCCCC)COC(=O)CCCCCCCCCCCCCCCCCCCCCCC/C=C\CCCCCCCCCC. The van der Waals surface area contributed by atoms with Crippen molar-refractivity contribution in [2.45, 2.75) is 419 Å². The molecule has 0 aromatic carbocycles. The van der Waals surface area contributed by atoms with Gasteiger partial charge in [0.05, 0.1) is 0 Å². The molecule has 0 rings (SSSR count). The van der Waals surface area contributed by atoms with Crippen LogP contribution in [0.1, 0.15) is 412 Å². The van der Waals surface area contributed by atoms with E-state index in [1.54, 1.807) is 0 Å². The maximum absolute atomic E-state index is 12.9. The predicted octanol–water partition coefficient (Wildman–Crippen LogP) is 25.5. The summed E-state index contributed by atoms with van der Waals surface area (Å²) in [6.07, 6.45) is 89.3. The summed E-state index contributed by atoms with van der Waals surface area (Å²) >= 11 is 0. The molecule has 0 N–H and O–H groups in total. The zero-order valence-electron chi connectivity index (χ0n) is 55.5. The third kappa shape index (κ3) is 68.4. The molecule has 0 aliphatic heterocycles. The molecule has 0 fully saturated rings. The van der Waals surface area contributed by atoms with Gasteiger partial charge in [-0.05, 0) is 77.0 Å². The summed E-state index contributed by atoms with van der Waals surface area (Å²) in [7, 11) is 0. The van der Waals surface area contributed by atoms with Crippen LogP contribution in [0.5, 0.6) is 0 Å². The summed E-state index contributed by atoms with van der Waals surface area (Å²) in [5.74, 6) is -0.846. The van der Waals surface area contributed by atoms with Gasteiger partial charge in [-0.1, -0.05) is 353 Å². The molecule has 1 unspecified atom stereocenters. The summed E-state index contributed by atoms with van der Waals surface area (Å²) in [6, 6.07) is 0. The molecule has 0 amide bonds. The van der Waals surface area contributed by atoms with Crippen molar-refractivity contribution in [3.05, 3.63) is 36.5 Å². The minimum atomic E-state index is -0.769. The third-order valence-corrected chi connectivity index (χ3v) is 16.9. The zero-order chi connectivity index (χ0) is 59.2. The van der Waals surface area contributed by atoms with E-state index in [9.17, 15) is 14.4 Å². The number of unbranched alkanes of at least 4 members (excludes halogenated alkanes) is 52. The van der Waals surface area contributed by atoms with Crippen LogP contribution >= 0.6 is 0 Å². The van der Waals surface area contributed by atoms with E-state index in [1.165, 1.54) is 308 Å². The number of allylic oxidation sites excluding steroid dienone is 6. The van der Waals surface area contributed by atoms with Gasteiger partial charge in [-0.2, -0.15) is 0 Å². The lowest BCUT2D eigenvalue weighted by Gasteiger charge is -2.18. The molecule has 0 saturated heterocycles. The van der Waals surface area contributed by atoms with Crippen LogP contribution < -0.4 is 0 Å². The second-order valence-corrected chi connectivity index (χ2v) is 25.2. The van der Waals surface area contributed by atoms with Crippen molar-refractivity contribution < 1.29 is 28.6 Å². The van der Waals surface area contributed by atoms with Gasteiger partial charge < -0.3 is 14.2 Å². The van der Waals surface area contributed by atoms with Crippen molar-refractivity contribution in [2.24, 2.45) is 0 Å². The van der Waals surface area contributed by atoms with E-state index < -0.39 is 6.10 Å². The summed E-state index contributed by atoms with van der Waals surface area (Å²) < 4.78 is 16.9. The lowest BCUT2D eigenvalue weighted by Crippen LogP contribution is -2.30. The fourth-order valence-corrected chi connectivity index (χ4v) is 11.3. The second-order valence-electron chi connectivity index (χ2n) is 25.2. The molecular weight excluding hydrogens is 1010 g/mol. The lowest BCUT2D eigenvalue weighted by molar-refractivity contribution is -0.167. The van der Waals surface area contributed by atoms with Crippen molar-refractivity contribution in [3.8, 4) is 0 Å². The van der Waals surface area contributed by atoms with E-state index in [0.29, 0.717) is 19.3 Å². The minimum absolute atomic E-state index is 0.0673. The highest BCUT2D eigenvalue weighted by molar-refractivity contribution is 5.71. The number of esters is 3. The maximum atomic E-state index is 12.9. The quantitative estimate of drug-likeness (QED) is 0.0261. The molecule has 0 bridgehead atoms. The van der Waals surface area contributed by atoms with Gasteiger partial charge in [-0.15, -0.1) is 0 Å². The summed E-state index contributed by atoms with van der Waals surface area (Å²) in [6.45, 7) is 6.67. The van der Waals surface area contributed by atoms with Crippen LogP contribution in [0.25, 0.3) is 0 Å². The summed E-state index contributed by atoms with van der Waals surface area (Å²) in [5.41, 5.74) is 0. The minimum Gasteiger partial charge on any atom is -0.462 e. The number of carbonyl (C=O) groups excluding carboxylic acids is 3. The van der Waals surface area contributed by atoms with E-state index in [4.69, 9.17) is 14.2 Å². The van der Waals surface area contributed by atoms with Crippen LogP contribution in [-0.4, -0.2) is 37.2 Å². The first-order valence-corrected chi connectivity index (χ1v) is 37.0. The average Bonchev–Trinajstić information content (AvgIpc) is 3.47. The summed E-state index contributed by atoms with van der Waals surface area (Å²) in [4.78, 5) is 38.3. The highest BCUT2D eigenvalue weighted by Gasteiger charge is 2.19. The molecule has 0 heterocycles. The first-order chi connectivity index (χ1) is 40.5. The van der Waals surface area contributed by atoms with Gasteiger partial charge >= 0.3 is 17.9 Å². The molecule has 0 aromatic rings.